The number of aromatic nitrogens is 2. The van der Waals surface area contributed by atoms with Crippen LogP contribution >= 0.6 is 0 Å². The summed E-state index contributed by atoms with van der Waals surface area (Å²) < 4.78 is 0. The zero-order valence-corrected chi connectivity index (χ0v) is 14.4. The van der Waals surface area contributed by atoms with E-state index in [1.165, 1.54) is 44.1 Å². The largest absolute Gasteiger partial charge is 0.241 e. The molecule has 3 rings (SSSR count). The van der Waals surface area contributed by atoms with Crippen molar-refractivity contribution in [3.8, 4) is 6.07 Å². The van der Waals surface area contributed by atoms with Gasteiger partial charge in [0, 0.05) is 24.2 Å². The maximum atomic E-state index is 9.00. The van der Waals surface area contributed by atoms with Crippen LogP contribution in [0, 0.1) is 23.2 Å². The molecule has 0 atom stereocenters. The van der Waals surface area contributed by atoms with E-state index in [1.54, 1.807) is 0 Å². The van der Waals surface area contributed by atoms with E-state index in [9.17, 15) is 0 Å². The highest BCUT2D eigenvalue weighted by molar-refractivity contribution is 5.14. The lowest BCUT2D eigenvalue weighted by molar-refractivity contribution is 0.307. The first-order chi connectivity index (χ1) is 11.3. The van der Waals surface area contributed by atoms with Crippen LogP contribution in [0.2, 0.25) is 0 Å². The summed E-state index contributed by atoms with van der Waals surface area (Å²) in [6.07, 6.45) is 16.4. The fraction of sp³-hybridized carbons (Fsp3) is 0.750. The lowest BCUT2D eigenvalue weighted by Gasteiger charge is -2.28. The SMILES string of the molecule is CCCC1CCC(c2cnc(C3CCC(C#N)CC3)nc2)CC1. The molecule has 2 saturated carbocycles. The molecule has 0 aliphatic heterocycles. The van der Waals surface area contributed by atoms with Gasteiger partial charge in [0.2, 0.25) is 0 Å². The van der Waals surface area contributed by atoms with Gasteiger partial charge in [-0.05, 0) is 68.8 Å². The van der Waals surface area contributed by atoms with Crippen LogP contribution in [0.25, 0.3) is 0 Å². The Hall–Kier alpha value is -1.43. The molecule has 3 heteroatoms. The van der Waals surface area contributed by atoms with Crippen molar-refractivity contribution in [2.75, 3.05) is 0 Å². The topological polar surface area (TPSA) is 49.6 Å². The summed E-state index contributed by atoms with van der Waals surface area (Å²) in [4.78, 5) is 9.38. The van der Waals surface area contributed by atoms with Gasteiger partial charge in [0.15, 0.2) is 0 Å². The first kappa shape index (κ1) is 16.4. The number of rotatable bonds is 4. The molecule has 0 unspecified atom stereocenters. The van der Waals surface area contributed by atoms with Crippen molar-refractivity contribution >= 4 is 0 Å². The van der Waals surface area contributed by atoms with Gasteiger partial charge < -0.3 is 0 Å². The molecule has 2 fully saturated rings. The van der Waals surface area contributed by atoms with E-state index in [-0.39, 0.29) is 5.92 Å². The standard InChI is InChI=1S/C20H29N3/c1-2-3-15-4-8-17(9-5-15)19-13-22-20(23-14-19)18-10-6-16(12-21)7-11-18/h13-18H,2-11H2,1H3. The third kappa shape index (κ3) is 4.10. The van der Waals surface area contributed by atoms with Crippen LogP contribution in [0.15, 0.2) is 12.4 Å². The zero-order chi connectivity index (χ0) is 16.1. The molecule has 0 radical (unpaired) electrons. The van der Waals surface area contributed by atoms with Gasteiger partial charge in [-0.3, -0.25) is 0 Å². The third-order valence-electron chi connectivity index (χ3n) is 5.98. The van der Waals surface area contributed by atoms with E-state index in [0.717, 1.165) is 37.4 Å². The minimum Gasteiger partial charge on any atom is -0.241 e. The molecular weight excluding hydrogens is 282 g/mol. The Balaban J connectivity index is 1.55. The highest BCUT2D eigenvalue weighted by Gasteiger charge is 2.25. The lowest BCUT2D eigenvalue weighted by Crippen LogP contribution is -2.16. The molecule has 0 spiro atoms. The molecule has 1 heterocycles. The average molecular weight is 311 g/mol. The van der Waals surface area contributed by atoms with Crippen LogP contribution in [0.3, 0.4) is 0 Å². The van der Waals surface area contributed by atoms with Crippen LogP contribution in [0.1, 0.15) is 94.4 Å². The van der Waals surface area contributed by atoms with Crippen LogP contribution in [0.5, 0.6) is 0 Å². The maximum Gasteiger partial charge on any atom is 0.131 e. The molecule has 23 heavy (non-hydrogen) atoms. The summed E-state index contributed by atoms with van der Waals surface area (Å²) in [6, 6.07) is 2.40. The smallest absolute Gasteiger partial charge is 0.131 e. The summed E-state index contributed by atoms with van der Waals surface area (Å²) in [6.45, 7) is 2.29. The van der Waals surface area contributed by atoms with E-state index in [2.05, 4.69) is 35.4 Å². The van der Waals surface area contributed by atoms with Crippen molar-refractivity contribution in [3.63, 3.8) is 0 Å². The Morgan fingerprint density at radius 2 is 1.57 bits per heavy atom. The number of hydrogen-bond donors (Lipinski definition) is 0. The molecule has 2 aliphatic carbocycles. The van der Waals surface area contributed by atoms with Gasteiger partial charge in [0.1, 0.15) is 5.82 Å². The monoisotopic (exact) mass is 311 g/mol. The van der Waals surface area contributed by atoms with Gasteiger partial charge in [-0.2, -0.15) is 5.26 Å². The summed E-state index contributed by atoms with van der Waals surface area (Å²) in [5.74, 6) is 3.35. The Labute approximate surface area is 140 Å². The molecule has 2 aliphatic rings. The third-order valence-corrected chi connectivity index (χ3v) is 5.98. The molecule has 3 nitrogen and oxygen atoms in total. The van der Waals surface area contributed by atoms with Crippen LogP contribution in [0.4, 0.5) is 0 Å². The number of nitrogens with zero attached hydrogens (tertiary/aromatic N) is 3. The van der Waals surface area contributed by atoms with Gasteiger partial charge in [-0.1, -0.05) is 19.8 Å². The van der Waals surface area contributed by atoms with Gasteiger partial charge in [0.05, 0.1) is 6.07 Å². The fourth-order valence-electron chi connectivity index (χ4n) is 4.44. The quantitative estimate of drug-likeness (QED) is 0.753. The Bertz CT molecular complexity index is 515. The molecule has 0 amide bonds. The second-order valence-electron chi connectivity index (χ2n) is 7.56. The van der Waals surface area contributed by atoms with E-state index >= 15 is 0 Å². The number of hydrogen-bond acceptors (Lipinski definition) is 3. The maximum absolute atomic E-state index is 9.00. The van der Waals surface area contributed by atoms with Gasteiger partial charge in [0.25, 0.3) is 0 Å². The molecule has 0 aromatic carbocycles. The van der Waals surface area contributed by atoms with Crippen LogP contribution < -0.4 is 0 Å². The second kappa shape index (κ2) is 7.90. The van der Waals surface area contributed by atoms with Crippen LogP contribution in [-0.2, 0) is 0 Å². The van der Waals surface area contributed by atoms with Crippen molar-refractivity contribution in [2.45, 2.75) is 83.0 Å². The van der Waals surface area contributed by atoms with E-state index in [1.807, 2.05) is 0 Å². The molecule has 1 aromatic heterocycles. The summed E-state index contributed by atoms with van der Waals surface area (Å²) in [7, 11) is 0. The Morgan fingerprint density at radius 1 is 0.957 bits per heavy atom. The normalized spacial score (nSPS) is 31.5. The predicted octanol–water partition coefficient (Wildman–Crippen LogP) is 5.35. The summed E-state index contributed by atoms with van der Waals surface area (Å²) >= 11 is 0. The van der Waals surface area contributed by atoms with Gasteiger partial charge >= 0.3 is 0 Å². The molecule has 0 N–H and O–H groups in total. The average Bonchev–Trinajstić information content (AvgIpc) is 2.63. The molecule has 1 aromatic rings. The first-order valence-electron chi connectivity index (χ1n) is 9.51. The Kier molecular flexibility index (Phi) is 5.65. The minimum atomic E-state index is 0.254. The van der Waals surface area contributed by atoms with E-state index in [0.29, 0.717) is 11.8 Å². The van der Waals surface area contributed by atoms with Crippen molar-refractivity contribution in [3.05, 3.63) is 23.8 Å². The summed E-state index contributed by atoms with van der Waals surface area (Å²) in [5, 5.41) is 9.00. The van der Waals surface area contributed by atoms with E-state index < -0.39 is 0 Å². The second-order valence-corrected chi connectivity index (χ2v) is 7.56. The van der Waals surface area contributed by atoms with E-state index in [4.69, 9.17) is 5.26 Å². The van der Waals surface area contributed by atoms with Crippen molar-refractivity contribution in [1.29, 1.82) is 5.26 Å². The highest BCUT2D eigenvalue weighted by atomic mass is 14.9. The molecular formula is C20H29N3. The Morgan fingerprint density at radius 3 is 2.13 bits per heavy atom. The highest BCUT2D eigenvalue weighted by Crippen LogP contribution is 2.38. The van der Waals surface area contributed by atoms with Gasteiger partial charge in [-0.25, -0.2) is 9.97 Å². The zero-order valence-electron chi connectivity index (χ0n) is 14.4. The number of nitriles is 1. The molecule has 0 saturated heterocycles. The van der Waals surface area contributed by atoms with Crippen molar-refractivity contribution in [2.24, 2.45) is 11.8 Å². The van der Waals surface area contributed by atoms with Crippen molar-refractivity contribution in [1.82, 2.24) is 9.97 Å². The van der Waals surface area contributed by atoms with Crippen LogP contribution in [-0.4, -0.2) is 9.97 Å². The lowest BCUT2D eigenvalue weighted by atomic mass is 9.78. The fourth-order valence-corrected chi connectivity index (χ4v) is 4.44. The first-order valence-corrected chi connectivity index (χ1v) is 9.51. The molecule has 0 bridgehead atoms. The minimum absolute atomic E-state index is 0.254. The molecule has 124 valence electrons. The van der Waals surface area contributed by atoms with Gasteiger partial charge in [-0.15, -0.1) is 0 Å². The van der Waals surface area contributed by atoms with Crippen molar-refractivity contribution < 1.29 is 0 Å². The summed E-state index contributed by atoms with van der Waals surface area (Å²) in [5.41, 5.74) is 1.34. The predicted molar refractivity (Wildman–Crippen MR) is 92.0 cm³/mol.